The molecule has 1 aromatic heterocycles. The van der Waals surface area contributed by atoms with Crippen molar-refractivity contribution in [3.63, 3.8) is 0 Å². The molecule has 0 spiro atoms. The molecule has 1 fully saturated rings. The molecule has 2 rings (SSSR count). The molecule has 17 heavy (non-hydrogen) atoms. The number of primary amides is 1. The van der Waals surface area contributed by atoms with E-state index in [1.807, 2.05) is 12.1 Å². The average Bonchev–Trinajstić information content (AvgIpc) is 2.33. The number of halogens is 1. The second-order valence-electron chi connectivity index (χ2n) is 4.46. The van der Waals surface area contributed by atoms with Gasteiger partial charge in [-0.1, -0.05) is 0 Å². The van der Waals surface area contributed by atoms with Gasteiger partial charge < -0.3 is 11.1 Å². The molecule has 1 aliphatic carbocycles. The van der Waals surface area contributed by atoms with E-state index in [0.717, 1.165) is 36.0 Å². The van der Waals surface area contributed by atoms with E-state index in [1.165, 1.54) is 0 Å². The number of aromatic nitrogens is 1. The van der Waals surface area contributed by atoms with Crippen LogP contribution >= 0.6 is 15.9 Å². The first-order valence-electron chi connectivity index (χ1n) is 5.82. The lowest BCUT2D eigenvalue weighted by atomic mass is 9.85. The SMILES string of the molecule is NC(=O)C1CCC(Nc2ccc(Br)cn2)CC1. The Morgan fingerprint density at radius 1 is 1.35 bits per heavy atom. The van der Waals surface area contributed by atoms with Gasteiger partial charge >= 0.3 is 0 Å². The molecule has 0 atom stereocenters. The molecule has 0 bridgehead atoms. The van der Waals surface area contributed by atoms with E-state index in [9.17, 15) is 4.79 Å². The third-order valence-electron chi connectivity index (χ3n) is 3.21. The Labute approximate surface area is 109 Å². The van der Waals surface area contributed by atoms with Crippen molar-refractivity contribution in [1.29, 1.82) is 0 Å². The molecular weight excluding hydrogens is 282 g/mol. The first-order chi connectivity index (χ1) is 8.15. The minimum atomic E-state index is -0.162. The molecule has 1 saturated carbocycles. The number of carbonyl (C=O) groups excluding carboxylic acids is 1. The Balaban J connectivity index is 1.85. The van der Waals surface area contributed by atoms with Crippen LogP contribution in [0, 0.1) is 5.92 Å². The van der Waals surface area contributed by atoms with E-state index in [2.05, 4.69) is 26.2 Å². The number of nitrogens with one attached hydrogen (secondary N) is 1. The summed E-state index contributed by atoms with van der Waals surface area (Å²) in [6, 6.07) is 4.31. The van der Waals surface area contributed by atoms with Gasteiger partial charge in [0.2, 0.25) is 5.91 Å². The highest BCUT2D eigenvalue weighted by atomic mass is 79.9. The Bertz CT molecular complexity index is 385. The smallest absolute Gasteiger partial charge is 0.220 e. The Morgan fingerprint density at radius 2 is 2.06 bits per heavy atom. The van der Waals surface area contributed by atoms with Crippen molar-refractivity contribution in [1.82, 2.24) is 4.98 Å². The van der Waals surface area contributed by atoms with Crippen LogP contribution in [0.2, 0.25) is 0 Å². The van der Waals surface area contributed by atoms with Gasteiger partial charge in [0.05, 0.1) is 0 Å². The van der Waals surface area contributed by atoms with Crippen LogP contribution in [-0.2, 0) is 4.79 Å². The summed E-state index contributed by atoms with van der Waals surface area (Å²) in [5.74, 6) is 0.784. The first kappa shape index (κ1) is 12.4. The lowest BCUT2D eigenvalue weighted by molar-refractivity contribution is -0.122. The highest BCUT2D eigenvalue weighted by Crippen LogP contribution is 2.26. The zero-order valence-electron chi connectivity index (χ0n) is 9.53. The average molecular weight is 298 g/mol. The molecule has 5 heteroatoms. The van der Waals surface area contributed by atoms with Gasteiger partial charge in [-0.3, -0.25) is 4.79 Å². The molecule has 92 valence electrons. The summed E-state index contributed by atoms with van der Waals surface area (Å²) < 4.78 is 0.973. The fourth-order valence-corrected chi connectivity index (χ4v) is 2.43. The molecule has 0 radical (unpaired) electrons. The predicted octanol–water partition coefficient (Wildman–Crippen LogP) is 2.30. The van der Waals surface area contributed by atoms with Crippen LogP contribution in [0.25, 0.3) is 0 Å². The number of amides is 1. The molecule has 0 aromatic carbocycles. The van der Waals surface area contributed by atoms with Crippen LogP contribution in [0.15, 0.2) is 22.8 Å². The van der Waals surface area contributed by atoms with Crippen LogP contribution in [0.4, 0.5) is 5.82 Å². The fourth-order valence-electron chi connectivity index (χ4n) is 2.19. The van der Waals surface area contributed by atoms with E-state index in [-0.39, 0.29) is 11.8 Å². The predicted molar refractivity (Wildman–Crippen MR) is 70.5 cm³/mol. The van der Waals surface area contributed by atoms with Crippen molar-refractivity contribution >= 4 is 27.7 Å². The first-order valence-corrected chi connectivity index (χ1v) is 6.62. The van der Waals surface area contributed by atoms with Gasteiger partial charge in [0.15, 0.2) is 0 Å². The summed E-state index contributed by atoms with van der Waals surface area (Å²) in [4.78, 5) is 15.3. The van der Waals surface area contributed by atoms with E-state index < -0.39 is 0 Å². The zero-order chi connectivity index (χ0) is 12.3. The molecule has 1 aromatic rings. The fraction of sp³-hybridized carbons (Fsp3) is 0.500. The van der Waals surface area contributed by atoms with Gasteiger partial charge in [-0.05, 0) is 53.7 Å². The highest BCUT2D eigenvalue weighted by Gasteiger charge is 2.24. The molecule has 1 amide bonds. The van der Waals surface area contributed by atoms with Gasteiger partial charge in [-0.25, -0.2) is 4.98 Å². The molecule has 0 saturated heterocycles. The second kappa shape index (κ2) is 5.49. The minimum Gasteiger partial charge on any atom is -0.369 e. The third kappa shape index (κ3) is 3.43. The standard InChI is InChI=1S/C12H16BrN3O/c13-9-3-6-11(15-7-9)16-10-4-1-8(2-5-10)12(14)17/h3,6-8,10H,1-2,4-5H2,(H2,14,17)(H,15,16). The molecule has 0 aliphatic heterocycles. The van der Waals surface area contributed by atoms with Crippen molar-refractivity contribution < 1.29 is 4.79 Å². The van der Waals surface area contributed by atoms with Crippen molar-refractivity contribution in [3.05, 3.63) is 22.8 Å². The molecule has 1 aliphatic rings. The number of rotatable bonds is 3. The number of hydrogen-bond donors (Lipinski definition) is 2. The molecular formula is C12H16BrN3O. The second-order valence-corrected chi connectivity index (χ2v) is 5.37. The van der Waals surface area contributed by atoms with Gasteiger partial charge in [0, 0.05) is 22.6 Å². The third-order valence-corrected chi connectivity index (χ3v) is 3.68. The Morgan fingerprint density at radius 3 is 2.59 bits per heavy atom. The van der Waals surface area contributed by atoms with Crippen molar-refractivity contribution in [2.45, 2.75) is 31.7 Å². The van der Waals surface area contributed by atoms with Crippen LogP contribution in [0.3, 0.4) is 0 Å². The van der Waals surface area contributed by atoms with Gasteiger partial charge in [-0.2, -0.15) is 0 Å². The number of anilines is 1. The van der Waals surface area contributed by atoms with Crippen LogP contribution in [0.5, 0.6) is 0 Å². The van der Waals surface area contributed by atoms with E-state index in [0.29, 0.717) is 6.04 Å². The van der Waals surface area contributed by atoms with Crippen LogP contribution in [0.1, 0.15) is 25.7 Å². The number of nitrogens with two attached hydrogens (primary N) is 1. The maximum Gasteiger partial charge on any atom is 0.220 e. The summed E-state index contributed by atoms with van der Waals surface area (Å²) >= 11 is 3.35. The normalized spacial score (nSPS) is 24.3. The molecule has 3 N–H and O–H groups in total. The van der Waals surface area contributed by atoms with Crippen molar-refractivity contribution in [2.24, 2.45) is 11.7 Å². The lowest BCUT2D eigenvalue weighted by Gasteiger charge is -2.27. The summed E-state index contributed by atoms with van der Waals surface area (Å²) in [5, 5.41) is 3.38. The monoisotopic (exact) mass is 297 g/mol. The number of hydrogen-bond acceptors (Lipinski definition) is 3. The maximum absolute atomic E-state index is 11.0. The van der Waals surface area contributed by atoms with Crippen molar-refractivity contribution in [3.8, 4) is 0 Å². The Hall–Kier alpha value is -1.10. The maximum atomic E-state index is 11.0. The summed E-state index contributed by atoms with van der Waals surface area (Å²) in [6.07, 6.45) is 5.49. The van der Waals surface area contributed by atoms with Crippen LogP contribution < -0.4 is 11.1 Å². The van der Waals surface area contributed by atoms with Gasteiger partial charge in [-0.15, -0.1) is 0 Å². The van der Waals surface area contributed by atoms with Gasteiger partial charge in [0.25, 0.3) is 0 Å². The largest absolute Gasteiger partial charge is 0.369 e. The molecule has 0 unspecified atom stereocenters. The summed E-state index contributed by atoms with van der Waals surface area (Å²) in [6.45, 7) is 0. The number of carbonyl (C=O) groups is 1. The summed E-state index contributed by atoms with van der Waals surface area (Å²) in [5.41, 5.74) is 5.30. The van der Waals surface area contributed by atoms with E-state index in [1.54, 1.807) is 6.20 Å². The molecule has 4 nitrogen and oxygen atoms in total. The lowest BCUT2D eigenvalue weighted by Crippen LogP contribution is -2.32. The topological polar surface area (TPSA) is 68.0 Å². The minimum absolute atomic E-state index is 0.0610. The van der Waals surface area contributed by atoms with E-state index in [4.69, 9.17) is 5.73 Å². The quantitative estimate of drug-likeness (QED) is 0.899. The summed E-state index contributed by atoms with van der Waals surface area (Å²) in [7, 11) is 0. The van der Waals surface area contributed by atoms with Gasteiger partial charge in [0.1, 0.15) is 5.82 Å². The zero-order valence-corrected chi connectivity index (χ0v) is 11.1. The molecule has 1 heterocycles. The number of pyridine rings is 1. The van der Waals surface area contributed by atoms with Crippen LogP contribution in [-0.4, -0.2) is 16.9 Å². The van der Waals surface area contributed by atoms with Crippen molar-refractivity contribution in [2.75, 3.05) is 5.32 Å². The van der Waals surface area contributed by atoms with E-state index >= 15 is 0 Å². The highest BCUT2D eigenvalue weighted by molar-refractivity contribution is 9.10. The number of nitrogens with zero attached hydrogens (tertiary/aromatic N) is 1. The Kier molecular flexibility index (Phi) is 3.99.